The van der Waals surface area contributed by atoms with Gasteiger partial charge in [-0.05, 0) is 55.2 Å². The zero-order valence-corrected chi connectivity index (χ0v) is 17.2. The summed E-state index contributed by atoms with van der Waals surface area (Å²) in [4.78, 5) is 12.3. The van der Waals surface area contributed by atoms with Crippen molar-refractivity contribution in [2.45, 2.75) is 36.6 Å². The maximum Gasteiger partial charge on any atom is 0.240 e. The van der Waals surface area contributed by atoms with Gasteiger partial charge in [-0.3, -0.25) is 15.6 Å². The van der Waals surface area contributed by atoms with Crippen molar-refractivity contribution in [2.75, 3.05) is 19.6 Å². The van der Waals surface area contributed by atoms with Crippen LogP contribution < -0.4 is 25.0 Å². The summed E-state index contributed by atoms with van der Waals surface area (Å²) >= 11 is 0. The zero-order valence-electron chi connectivity index (χ0n) is 16.4. The number of carbonyl (C=O) groups is 1. The number of methoxy groups -OCH3 is 2. The van der Waals surface area contributed by atoms with E-state index in [2.05, 4.69) is 15.6 Å². The van der Waals surface area contributed by atoms with E-state index in [1.807, 2.05) is 12.1 Å². The lowest BCUT2D eigenvalue weighted by Gasteiger charge is -2.13. The highest BCUT2D eigenvalue weighted by Gasteiger charge is 2.27. The van der Waals surface area contributed by atoms with Crippen molar-refractivity contribution in [3.8, 4) is 11.5 Å². The number of sulfonamides is 1. The molecule has 1 fully saturated rings. The number of ether oxygens (including phenoxy) is 2. The highest BCUT2D eigenvalue weighted by atomic mass is 32.2. The van der Waals surface area contributed by atoms with Crippen LogP contribution in [0.5, 0.6) is 11.5 Å². The number of benzene rings is 2. The quantitative estimate of drug-likeness (QED) is 0.510. The molecule has 0 radical (unpaired) electrons. The van der Waals surface area contributed by atoms with Crippen LogP contribution in [0.15, 0.2) is 47.4 Å². The molecule has 2 aromatic rings. The van der Waals surface area contributed by atoms with Crippen LogP contribution in [0.25, 0.3) is 0 Å². The Hall–Kier alpha value is -2.78. The zero-order chi connectivity index (χ0) is 20.9. The Balaban J connectivity index is 1.51. The van der Waals surface area contributed by atoms with Crippen LogP contribution >= 0.6 is 0 Å². The number of nitrogens with one attached hydrogen (secondary N) is 3. The van der Waals surface area contributed by atoms with Gasteiger partial charge in [-0.2, -0.15) is 0 Å². The van der Waals surface area contributed by atoms with Gasteiger partial charge in [-0.15, -0.1) is 0 Å². The van der Waals surface area contributed by atoms with E-state index in [0.29, 0.717) is 23.6 Å². The molecule has 0 saturated heterocycles. The largest absolute Gasteiger partial charge is 0.493 e. The molecule has 0 spiro atoms. The van der Waals surface area contributed by atoms with Gasteiger partial charge in [0.15, 0.2) is 11.5 Å². The molecular weight excluding hydrogens is 394 g/mol. The van der Waals surface area contributed by atoms with Gasteiger partial charge in [-0.1, -0.05) is 12.1 Å². The summed E-state index contributed by atoms with van der Waals surface area (Å²) in [6.07, 6.45) is 2.49. The summed E-state index contributed by atoms with van der Waals surface area (Å²) in [5, 5.41) is 0. The van der Waals surface area contributed by atoms with Crippen molar-refractivity contribution in [2.24, 2.45) is 0 Å². The monoisotopic (exact) mass is 419 g/mol. The molecule has 29 heavy (non-hydrogen) atoms. The second kappa shape index (κ2) is 9.15. The fourth-order valence-corrected chi connectivity index (χ4v) is 4.11. The third-order valence-electron chi connectivity index (χ3n) is 4.52. The van der Waals surface area contributed by atoms with Crippen molar-refractivity contribution >= 4 is 21.6 Å². The molecule has 1 amide bonds. The molecule has 0 unspecified atom stereocenters. The number of amides is 1. The number of rotatable bonds is 10. The third-order valence-corrected chi connectivity index (χ3v) is 6.05. The van der Waals surface area contributed by atoms with Crippen LogP contribution in [0.1, 0.15) is 24.8 Å². The second-order valence-corrected chi connectivity index (χ2v) is 8.46. The smallest absolute Gasteiger partial charge is 0.240 e. The molecule has 156 valence electrons. The number of para-hydroxylation sites is 1. The Morgan fingerprint density at radius 3 is 2.41 bits per heavy atom. The first-order valence-electron chi connectivity index (χ1n) is 9.30. The predicted octanol–water partition coefficient (Wildman–Crippen LogP) is 2.22. The minimum absolute atomic E-state index is 0.0558. The summed E-state index contributed by atoms with van der Waals surface area (Å²) in [6.45, 7) is 0. The Morgan fingerprint density at radius 2 is 1.79 bits per heavy atom. The Morgan fingerprint density at radius 1 is 1.07 bits per heavy atom. The van der Waals surface area contributed by atoms with Crippen LogP contribution in [0.2, 0.25) is 0 Å². The minimum Gasteiger partial charge on any atom is -0.493 e. The molecule has 3 N–H and O–H groups in total. The molecular formula is C20H25N3O5S. The van der Waals surface area contributed by atoms with Crippen LogP contribution in [0.4, 0.5) is 5.69 Å². The highest BCUT2D eigenvalue weighted by molar-refractivity contribution is 7.89. The third kappa shape index (κ3) is 5.61. The van der Waals surface area contributed by atoms with Gasteiger partial charge in [0.05, 0.1) is 24.8 Å². The first-order valence-corrected chi connectivity index (χ1v) is 10.8. The van der Waals surface area contributed by atoms with Gasteiger partial charge >= 0.3 is 0 Å². The Labute approximate surface area is 170 Å². The standard InChI is InChI=1S/C20H25N3O5S/c1-27-18-5-3-4-14(20(18)28-2)6-13-19(24)22-21-15-9-11-17(12-10-15)29(25,26)23-16-7-8-16/h3-5,9-12,16,21,23H,6-8,13H2,1-2H3,(H,22,24). The van der Waals surface area contributed by atoms with Crippen molar-refractivity contribution in [3.05, 3.63) is 48.0 Å². The molecule has 1 aliphatic rings. The van der Waals surface area contributed by atoms with Gasteiger partial charge in [0, 0.05) is 12.5 Å². The lowest BCUT2D eigenvalue weighted by Crippen LogP contribution is -2.29. The maximum atomic E-state index is 12.2. The van der Waals surface area contributed by atoms with E-state index in [1.54, 1.807) is 32.4 Å². The molecule has 1 saturated carbocycles. The van der Waals surface area contributed by atoms with E-state index in [4.69, 9.17) is 9.47 Å². The Kier molecular flexibility index (Phi) is 6.60. The molecule has 0 aromatic heterocycles. The van der Waals surface area contributed by atoms with E-state index >= 15 is 0 Å². The molecule has 3 rings (SSSR count). The molecule has 0 aliphatic heterocycles. The molecule has 0 bridgehead atoms. The van der Waals surface area contributed by atoms with E-state index in [9.17, 15) is 13.2 Å². The van der Waals surface area contributed by atoms with Crippen molar-refractivity contribution < 1.29 is 22.7 Å². The number of carbonyl (C=O) groups excluding carboxylic acids is 1. The lowest BCUT2D eigenvalue weighted by molar-refractivity contribution is -0.120. The summed E-state index contributed by atoms with van der Waals surface area (Å²) < 4.78 is 37.6. The molecule has 1 aliphatic carbocycles. The number of aryl methyl sites for hydroxylation is 1. The van der Waals surface area contributed by atoms with E-state index in [0.717, 1.165) is 18.4 Å². The van der Waals surface area contributed by atoms with Crippen molar-refractivity contribution in [3.63, 3.8) is 0 Å². The Bertz CT molecular complexity index is 957. The second-order valence-electron chi connectivity index (χ2n) is 6.75. The van der Waals surface area contributed by atoms with Crippen LogP contribution in [0, 0.1) is 0 Å². The molecule has 2 aromatic carbocycles. The maximum absolute atomic E-state index is 12.2. The normalized spacial score (nSPS) is 13.6. The topological polar surface area (TPSA) is 106 Å². The summed E-state index contributed by atoms with van der Waals surface area (Å²) in [5.74, 6) is 1.03. The van der Waals surface area contributed by atoms with E-state index in [-0.39, 0.29) is 23.3 Å². The lowest BCUT2D eigenvalue weighted by atomic mass is 10.1. The predicted molar refractivity (Wildman–Crippen MR) is 109 cm³/mol. The fourth-order valence-electron chi connectivity index (χ4n) is 2.81. The van der Waals surface area contributed by atoms with Crippen LogP contribution in [-0.4, -0.2) is 34.6 Å². The first-order chi connectivity index (χ1) is 13.9. The average molecular weight is 420 g/mol. The average Bonchev–Trinajstić information content (AvgIpc) is 3.53. The fraction of sp³-hybridized carbons (Fsp3) is 0.350. The van der Waals surface area contributed by atoms with Crippen LogP contribution in [-0.2, 0) is 21.2 Å². The summed E-state index contributed by atoms with van der Waals surface area (Å²) in [5.41, 5.74) is 6.86. The van der Waals surface area contributed by atoms with Crippen LogP contribution in [0.3, 0.4) is 0 Å². The summed E-state index contributed by atoms with van der Waals surface area (Å²) in [7, 11) is -0.355. The van der Waals surface area contributed by atoms with E-state index in [1.165, 1.54) is 12.1 Å². The van der Waals surface area contributed by atoms with Gasteiger partial charge < -0.3 is 9.47 Å². The number of anilines is 1. The number of hydrogen-bond acceptors (Lipinski definition) is 6. The van der Waals surface area contributed by atoms with Gasteiger partial charge in [0.1, 0.15) is 0 Å². The van der Waals surface area contributed by atoms with Gasteiger partial charge in [0.25, 0.3) is 0 Å². The molecule has 9 heteroatoms. The molecule has 8 nitrogen and oxygen atoms in total. The number of hydrogen-bond donors (Lipinski definition) is 3. The summed E-state index contributed by atoms with van der Waals surface area (Å²) in [6, 6.07) is 11.8. The van der Waals surface area contributed by atoms with Gasteiger partial charge in [0.2, 0.25) is 15.9 Å². The molecule has 0 heterocycles. The minimum atomic E-state index is -3.48. The van der Waals surface area contributed by atoms with Crippen molar-refractivity contribution in [1.29, 1.82) is 0 Å². The first kappa shape index (κ1) is 20.9. The SMILES string of the molecule is COc1cccc(CCC(=O)NNc2ccc(S(=O)(=O)NC3CC3)cc2)c1OC. The van der Waals surface area contributed by atoms with Crippen molar-refractivity contribution in [1.82, 2.24) is 10.1 Å². The van der Waals surface area contributed by atoms with Gasteiger partial charge in [-0.25, -0.2) is 13.1 Å². The number of hydrazine groups is 1. The van der Waals surface area contributed by atoms with E-state index < -0.39 is 10.0 Å². The highest BCUT2D eigenvalue weighted by Crippen LogP contribution is 2.31. The molecule has 0 atom stereocenters.